The Morgan fingerprint density at radius 3 is 2.75 bits per heavy atom. The molecule has 16 heavy (non-hydrogen) atoms. The maximum Gasteiger partial charge on any atom is 0.0743 e. The smallest absolute Gasteiger partial charge is 0.0743 e. The largest absolute Gasteiger partial charge is 0.389 e. The first kappa shape index (κ1) is 13.7. The molecule has 2 atom stereocenters. The van der Waals surface area contributed by atoms with Gasteiger partial charge in [0, 0.05) is 12.6 Å². The molecule has 0 aromatic rings. The third kappa shape index (κ3) is 5.13. The van der Waals surface area contributed by atoms with Gasteiger partial charge in [-0.15, -0.1) is 6.58 Å². The summed E-state index contributed by atoms with van der Waals surface area (Å²) in [5.41, 5.74) is -0.546. The molecule has 0 aliphatic heterocycles. The van der Waals surface area contributed by atoms with Crippen LogP contribution in [0.25, 0.3) is 0 Å². The van der Waals surface area contributed by atoms with Gasteiger partial charge in [-0.1, -0.05) is 19.4 Å². The molecule has 0 heterocycles. The van der Waals surface area contributed by atoms with Crippen LogP contribution in [0, 0.1) is 5.92 Å². The minimum absolute atomic E-state index is 0.546. The molecule has 2 nitrogen and oxygen atoms in total. The Morgan fingerprint density at radius 2 is 2.25 bits per heavy atom. The maximum absolute atomic E-state index is 10.1. The molecule has 1 aliphatic carbocycles. The molecule has 94 valence electrons. The van der Waals surface area contributed by atoms with Crippen molar-refractivity contribution in [3.05, 3.63) is 12.7 Å². The van der Waals surface area contributed by atoms with Crippen LogP contribution in [-0.2, 0) is 0 Å². The van der Waals surface area contributed by atoms with Crippen LogP contribution in [0.1, 0.15) is 52.4 Å². The number of aliphatic hydroxyl groups is 1. The highest BCUT2D eigenvalue weighted by Gasteiger charge is 2.31. The van der Waals surface area contributed by atoms with Crippen molar-refractivity contribution in [2.24, 2.45) is 5.92 Å². The predicted molar refractivity (Wildman–Crippen MR) is 69.5 cm³/mol. The fraction of sp³-hybridized carbons (Fsp3) is 0.857. The molecule has 0 saturated heterocycles. The zero-order valence-electron chi connectivity index (χ0n) is 10.8. The lowest BCUT2D eigenvalue weighted by molar-refractivity contribution is 0.0461. The standard InChI is InChI=1S/C14H27NO/c1-4-6-7-13(12-8-9-12)15-11-14(3,16)10-5-2/h4,12-13,15-16H,1,5-11H2,2-3H3. The van der Waals surface area contributed by atoms with Crippen LogP contribution in [-0.4, -0.2) is 23.3 Å². The number of nitrogens with one attached hydrogen (secondary N) is 1. The summed E-state index contributed by atoms with van der Waals surface area (Å²) in [6, 6.07) is 0.585. The van der Waals surface area contributed by atoms with Crippen molar-refractivity contribution in [1.82, 2.24) is 5.32 Å². The van der Waals surface area contributed by atoms with Crippen LogP contribution >= 0.6 is 0 Å². The van der Waals surface area contributed by atoms with Crippen molar-refractivity contribution in [3.63, 3.8) is 0 Å². The van der Waals surface area contributed by atoms with E-state index in [4.69, 9.17) is 0 Å². The molecule has 0 aromatic heterocycles. The highest BCUT2D eigenvalue weighted by atomic mass is 16.3. The van der Waals surface area contributed by atoms with Gasteiger partial charge in [0.05, 0.1) is 5.60 Å². The van der Waals surface area contributed by atoms with E-state index in [-0.39, 0.29) is 0 Å². The Labute approximate surface area is 100 Å². The summed E-state index contributed by atoms with van der Waals surface area (Å²) in [5.74, 6) is 0.845. The van der Waals surface area contributed by atoms with Crippen molar-refractivity contribution >= 4 is 0 Å². The van der Waals surface area contributed by atoms with E-state index >= 15 is 0 Å². The molecule has 1 saturated carbocycles. The SMILES string of the molecule is C=CCCC(NCC(C)(O)CCC)C1CC1. The summed E-state index contributed by atoms with van der Waals surface area (Å²) < 4.78 is 0. The summed E-state index contributed by atoms with van der Waals surface area (Å²) in [5, 5.41) is 13.7. The molecular formula is C14H27NO. The van der Waals surface area contributed by atoms with Crippen LogP contribution in [0.4, 0.5) is 0 Å². The monoisotopic (exact) mass is 225 g/mol. The first-order valence-corrected chi connectivity index (χ1v) is 6.65. The van der Waals surface area contributed by atoms with E-state index in [0.29, 0.717) is 6.04 Å². The van der Waals surface area contributed by atoms with Crippen LogP contribution < -0.4 is 5.32 Å². The fourth-order valence-corrected chi connectivity index (χ4v) is 2.28. The van der Waals surface area contributed by atoms with Crippen molar-refractivity contribution < 1.29 is 5.11 Å². The highest BCUT2D eigenvalue weighted by molar-refractivity contribution is 4.89. The molecule has 0 bridgehead atoms. The van der Waals surface area contributed by atoms with Crippen molar-refractivity contribution in [2.45, 2.75) is 64.0 Å². The van der Waals surface area contributed by atoms with Crippen LogP contribution in [0.2, 0.25) is 0 Å². The first-order chi connectivity index (χ1) is 7.59. The van der Waals surface area contributed by atoms with Gasteiger partial charge in [0.1, 0.15) is 0 Å². The third-order valence-corrected chi connectivity index (χ3v) is 3.41. The van der Waals surface area contributed by atoms with Gasteiger partial charge < -0.3 is 10.4 Å². The Kier molecular flexibility index (Phi) is 5.50. The van der Waals surface area contributed by atoms with E-state index in [9.17, 15) is 5.11 Å². The lowest BCUT2D eigenvalue weighted by Crippen LogP contribution is -2.43. The molecule has 0 spiro atoms. The summed E-state index contributed by atoms with van der Waals surface area (Å²) >= 11 is 0. The summed E-state index contributed by atoms with van der Waals surface area (Å²) in [6.07, 6.45) is 8.84. The van der Waals surface area contributed by atoms with Gasteiger partial charge in [-0.05, 0) is 44.9 Å². The molecule has 1 fully saturated rings. The summed E-state index contributed by atoms with van der Waals surface area (Å²) in [4.78, 5) is 0. The molecule has 0 aromatic carbocycles. The third-order valence-electron chi connectivity index (χ3n) is 3.41. The van der Waals surface area contributed by atoms with Gasteiger partial charge in [0.2, 0.25) is 0 Å². The average molecular weight is 225 g/mol. The molecule has 1 aliphatic rings. The Morgan fingerprint density at radius 1 is 1.56 bits per heavy atom. The molecule has 1 rings (SSSR count). The van der Waals surface area contributed by atoms with E-state index in [1.807, 2.05) is 13.0 Å². The second kappa shape index (κ2) is 6.41. The van der Waals surface area contributed by atoms with Gasteiger partial charge in [-0.25, -0.2) is 0 Å². The normalized spacial score (nSPS) is 21.4. The number of hydrogen-bond acceptors (Lipinski definition) is 2. The highest BCUT2D eigenvalue weighted by Crippen LogP contribution is 2.34. The van der Waals surface area contributed by atoms with Gasteiger partial charge in [-0.3, -0.25) is 0 Å². The zero-order valence-corrected chi connectivity index (χ0v) is 10.8. The summed E-state index contributed by atoms with van der Waals surface area (Å²) in [6.45, 7) is 8.54. The van der Waals surface area contributed by atoms with E-state index in [1.165, 1.54) is 12.8 Å². The number of allylic oxidation sites excluding steroid dienone is 1. The fourth-order valence-electron chi connectivity index (χ4n) is 2.28. The topological polar surface area (TPSA) is 32.3 Å². The molecule has 0 amide bonds. The van der Waals surface area contributed by atoms with Crippen molar-refractivity contribution in [2.75, 3.05) is 6.54 Å². The van der Waals surface area contributed by atoms with E-state index in [0.717, 1.165) is 38.1 Å². The second-order valence-electron chi connectivity index (χ2n) is 5.44. The van der Waals surface area contributed by atoms with Crippen molar-refractivity contribution in [1.29, 1.82) is 0 Å². The van der Waals surface area contributed by atoms with Gasteiger partial charge >= 0.3 is 0 Å². The Bertz CT molecular complexity index is 209. The second-order valence-corrected chi connectivity index (χ2v) is 5.44. The van der Waals surface area contributed by atoms with Gasteiger partial charge in [0.15, 0.2) is 0 Å². The van der Waals surface area contributed by atoms with Gasteiger partial charge in [-0.2, -0.15) is 0 Å². The molecule has 0 radical (unpaired) electrons. The first-order valence-electron chi connectivity index (χ1n) is 6.65. The number of hydrogen-bond donors (Lipinski definition) is 2. The van der Waals surface area contributed by atoms with E-state index < -0.39 is 5.60 Å². The van der Waals surface area contributed by atoms with Crippen molar-refractivity contribution in [3.8, 4) is 0 Å². The van der Waals surface area contributed by atoms with Crippen LogP contribution in [0.5, 0.6) is 0 Å². The zero-order chi connectivity index (χ0) is 12.0. The minimum Gasteiger partial charge on any atom is -0.389 e. The molecular weight excluding hydrogens is 198 g/mol. The number of rotatable bonds is 9. The lowest BCUT2D eigenvalue weighted by Gasteiger charge is -2.27. The average Bonchev–Trinajstić information content (AvgIpc) is 3.01. The predicted octanol–water partition coefficient (Wildman–Crippen LogP) is 2.87. The van der Waals surface area contributed by atoms with E-state index in [2.05, 4.69) is 18.8 Å². The van der Waals surface area contributed by atoms with Gasteiger partial charge in [0.25, 0.3) is 0 Å². The molecule has 2 N–H and O–H groups in total. The quantitative estimate of drug-likeness (QED) is 0.591. The summed E-state index contributed by atoms with van der Waals surface area (Å²) in [7, 11) is 0. The minimum atomic E-state index is -0.546. The molecule has 2 heteroatoms. The van der Waals surface area contributed by atoms with Crippen LogP contribution in [0.15, 0.2) is 12.7 Å². The Hall–Kier alpha value is -0.340. The lowest BCUT2D eigenvalue weighted by atomic mass is 9.99. The van der Waals surface area contributed by atoms with Crippen LogP contribution in [0.3, 0.4) is 0 Å². The molecule has 2 unspecified atom stereocenters. The maximum atomic E-state index is 10.1. The Balaban J connectivity index is 2.28. The van der Waals surface area contributed by atoms with E-state index in [1.54, 1.807) is 0 Å².